The first-order valence-electron chi connectivity index (χ1n) is 5.37. The fraction of sp³-hybridized carbons (Fsp3) is 0.667. The van der Waals surface area contributed by atoms with Crippen LogP contribution in [0.15, 0.2) is 0 Å². The number of thiocarbonyl (C=S) groups is 3. The fourth-order valence-electron chi connectivity index (χ4n) is 0.671. The van der Waals surface area contributed by atoms with Crippen LogP contribution in [0.2, 0.25) is 0 Å². The minimum absolute atomic E-state index is 0.555. The van der Waals surface area contributed by atoms with Gasteiger partial charge in [0.15, 0.2) is 0 Å². The van der Waals surface area contributed by atoms with Crippen LogP contribution in [0.3, 0.4) is 0 Å². The van der Waals surface area contributed by atoms with Crippen LogP contribution in [0, 0.1) is 0 Å². The third-order valence-electron chi connectivity index (χ3n) is 1.23. The van der Waals surface area contributed by atoms with E-state index in [0.717, 1.165) is 0 Å². The number of hydrogen-bond acceptors (Lipinski definition) is 9. The molecule has 110 valence electrons. The summed E-state index contributed by atoms with van der Waals surface area (Å²) in [6.45, 7) is 7.45. The van der Waals surface area contributed by atoms with E-state index in [2.05, 4.69) is 0 Å². The molecule has 0 aromatic carbocycles. The van der Waals surface area contributed by atoms with Crippen LogP contribution in [0.1, 0.15) is 20.8 Å². The third kappa shape index (κ3) is 11.9. The van der Waals surface area contributed by atoms with Crippen LogP contribution >= 0.6 is 62.2 Å². The molecule has 0 heterocycles. The monoisotopic (exact) mass is 572 g/mol. The molecule has 0 saturated heterocycles. The van der Waals surface area contributed by atoms with E-state index in [1.165, 1.54) is 0 Å². The van der Waals surface area contributed by atoms with Gasteiger partial charge in [0.1, 0.15) is 0 Å². The van der Waals surface area contributed by atoms with E-state index < -0.39 is 17.4 Å². The van der Waals surface area contributed by atoms with Gasteiger partial charge in [-0.3, -0.25) is 0 Å². The Morgan fingerprint density at radius 2 is 1.00 bits per heavy atom. The number of rotatable bonds is 6. The first-order chi connectivity index (χ1) is 9.03. The van der Waals surface area contributed by atoms with Crippen LogP contribution in [-0.4, -0.2) is 50.3 Å². The van der Waals surface area contributed by atoms with Crippen molar-refractivity contribution in [3.05, 3.63) is 0 Å². The van der Waals surface area contributed by atoms with Gasteiger partial charge in [0.25, 0.3) is 0 Å². The van der Waals surface area contributed by atoms with E-state index in [4.69, 9.17) is 50.9 Å². The molecule has 0 fully saturated rings. The van der Waals surface area contributed by atoms with Gasteiger partial charge >= 0.3 is 148 Å². The van der Waals surface area contributed by atoms with E-state index in [-0.39, 0.29) is 0 Å². The van der Waals surface area contributed by atoms with Crippen molar-refractivity contribution in [1.29, 1.82) is 0 Å². The van der Waals surface area contributed by atoms with Gasteiger partial charge in [0, 0.05) is 0 Å². The number of ether oxygens (including phenoxy) is 3. The van der Waals surface area contributed by atoms with E-state index in [0.29, 0.717) is 33.0 Å². The molecule has 0 radical (unpaired) electrons. The summed E-state index contributed by atoms with van der Waals surface area (Å²) in [5.41, 5.74) is 0. The van der Waals surface area contributed by atoms with Gasteiger partial charge in [-0.05, 0) is 0 Å². The maximum absolute atomic E-state index is 5.31. The number of hydrogen-bond donors (Lipinski definition) is 0. The summed E-state index contributed by atoms with van der Waals surface area (Å²) in [6, 6.07) is 0. The quantitative estimate of drug-likeness (QED) is 0.344. The Morgan fingerprint density at radius 3 is 1.21 bits per heavy atom. The Hall–Kier alpha value is 1.60. The van der Waals surface area contributed by atoms with Gasteiger partial charge in [-0.2, -0.15) is 0 Å². The average Bonchev–Trinajstić information content (AvgIpc) is 2.29. The Balaban J connectivity index is 4.40. The molecule has 0 unspecified atom stereocenters. The molecular formula is C9H15BiO3S6. The van der Waals surface area contributed by atoms with Crippen LogP contribution in [-0.2, 0) is 14.2 Å². The zero-order chi connectivity index (χ0) is 14.7. The predicted octanol–water partition coefficient (Wildman–Crippen LogP) is 4.14. The third-order valence-corrected chi connectivity index (χ3v) is 30.9. The van der Waals surface area contributed by atoms with Crippen molar-refractivity contribution in [2.45, 2.75) is 20.8 Å². The van der Waals surface area contributed by atoms with Crippen LogP contribution in [0.4, 0.5) is 0 Å². The molecule has 0 bridgehead atoms. The first-order valence-corrected chi connectivity index (χ1v) is 21.7. The Bertz CT molecular complexity index is 267. The fourth-order valence-corrected chi connectivity index (χ4v) is 36.4. The molecular weight excluding hydrogens is 557 g/mol. The van der Waals surface area contributed by atoms with Gasteiger partial charge in [0.05, 0.1) is 0 Å². The molecule has 0 rings (SSSR count). The standard InChI is InChI=1S/3C3H6OS2.Bi/c3*1-2-4-3(5)6;/h3*2H2,1H3,(H,5,6);/q;;;+3/p-3. The zero-order valence-electron chi connectivity index (χ0n) is 10.7. The molecule has 0 spiro atoms. The van der Waals surface area contributed by atoms with Gasteiger partial charge in [-0.25, -0.2) is 0 Å². The van der Waals surface area contributed by atoms with E-state index in [9.17, 15) is 0 Å². The normalized spacial score (nSPS) is 10.1. The molecule has 10 heteroatoms. The van der Waals surface area contributed by atoms with Crippen LogP contribution in [0.5, 0.6) is 0 Å². The van der Waals surface area contributed by atoms with Crippen molar-refractivity contribution in [3.8, 4) is 0 Å². The molecule has 0 amide bonds. The molecule has 0 aliphatic carbocycles. The summed E-state index contributed by atoms with van der Waals surface area (Å²) in [6.07, 6.45) is 0. The van der Waals surface area contributed by atoms with E-state index >= 15 is 0 Å². The van der Waals surface area contributed by atoms with Crippen molar-refractivity contribution in [2.75, 3.05) is 19.8 Å². The van der Waals surface area contributed by atoms with Crippen molar-refractivity contribution in [3.63, 3.8) is 0 Å². The second kappa shape index (κ2) is 13.3. The molecule has 0 N–H and O–H groups in total. The predicted molar refractivity (Wildman–Crippen MR) is 101 cm³/mol. The summed E-state index contributed by atoms with van der Waals surface area (Å²) in [5.74, 6) is 0. The molecule has 19 heavy (non-hydrogen) atoms. The van der Waals surface area contributed by atoms with Crippen molar-refractivity contribution in [1.82, 2.24) is 0 Å². The Kier molecular flexibility index (Phi) is 14.4. The van der Waals surface area contributed by atoms with Crippen molar-refractivity contribution in [2.24, 2.45) is 0 Å². The molecule has 0 atom stereocenters. The van der Waals surface area contributed by atoms with E-state index in [1.807, 2.05) is 20.8 Å². The van der Waals surface area contributed by atoms with E-state index in [1.54, 1.807) is 25.6 Å². The summed E-state index contributed by atoms with van der Waals surface area (Å²) >= 11 is 13.2. The Morgan fingerprint density at radius 1 is 0.737 bits per heavy atom. The summed E-state index contributed by atoms with van der Waals surface area (Å²) < 4.78 is 17.6. The zero-order valence-corrected chi connectivity index (χ0v) is 19.1. The van der Waals surface area contributed by atoms with Gasteiger partial charge < -0.3 is 0 Å². The molecule has 0 saturated carbocycles. The van der Waals surface area contributed by atoms with Gasteiger partial charge in [-0.15, -0.1) is 0 Å². The molecule has 0 aromatic heterocycles. The van der Waals surface area contributed by atoms with Gasteiger partial charge in [0.2, 0.25) is 0 Å². The van der Waals surface area contributed by atoms with Crippen molar-refractivity contribution >= 4 is 92.7 Å². The van der Waals surface area contributed by atoms with Crippen molar-refractivity contribution < 1.29 is 14.2 Å². The van der Waals surface area contributed by atoms with Gasteiger partial charge in [-0.1, -0.05) is 0 Å². The van der Waals surface area contributed by atoms with Crippen LogP contribution in [0.25, 0.3) is 0 Å². The average molecular weight is 573 g/mol. The summed E-state index contributed by atoms with van der Waals surface area (Å²) in [4.78, 5) is 0. The molecule has 0 aliphatic heterocycles. The second-order valence-corrected chi connectivity index (χ2v) is 29.9. The Labute approximate surface area is 146 Å². The summed E-state index contributed by atoms with van der Waals surface area (Å²) in [5, 5.41) is 0. The summed E-state index contributed by atoms with van der Waals surface area (Å²) in [7, 11) is 4.74. The topological polar surface area (TPSA) is 27.7 Å². The maximum atomic E-state index is 5.31. The first kappa shape index (κ1) is 20.6. The SMILES string of the molecule is CCOC(=S)[S][Bi]([S]C(=S)OCC)[S]C(=S)OCC. The molecule has 3 nitrogen and oxygen atoms in total. The minimum atomic E-state index is -2.24. The molecule has 0 aliphatic rings. The second-order valence-electron chi connectivity index (χ2n) is 2.55. The molecule has 0 aromatic rings. The van der Waals surface area contributed by atoms with Crippen LogP contribution < -0.4 is 0 Å².